The number of rotatable bonds is 5. The van der Waals surface area contributed by atoms with Crippen molar-refractivity contribution >= 4 is 26.8 Å². The minimum Gasteiger partial charge on any atom is -0.497 e. The van der Waals surface area contributed by atoms with Gasteiger partial charge >= 0.3 is 0 Å². The molecule has 2 N–H and O–H groups in total. The standard InChI is InChI=1S/C30H31BrN2O2/c1-35-23-10-5-9-22(17-23)29-14-16-33(15-13-21-7-3-2-4-8-21)20-30(29,34)18-25-24-11-6-12-26(31)28(24)32-27(25)19-29/h2-12,17,32,34H,13-16,18-20H2,1H3/t29-,30-/m0/s1. The van der Waals surface area contributed by atoms with Crippen molar-refractivity contribution in [2.24, 2.45) is 0 Å². The molecule has 35 heavy (non-hydrogen) atoms. The van der Waals surface area contributed by atoms with Crippen LogP contribution in [0.4, 0.5) is 0 Å². The van der Waals surface area contributed by atoms with Gasteiger partial charge in [-0.3, -0.25) is 0 Å². The number of aliphatic hydroxyl groups is 1. The van der Waals surface area contributed by atoms with Crippen LogP contribution in [0.25, 0.3) is 10.9 Å². The summed E-state index contributed by atoms with van der Waals surface area (Å²) in [5.74, 6) is 0.843. The molecule has 2 atom stereocenters. The van der Waals surface area contributed by atoms with E-state index in [1.54, 1.807) is 7.11 Å². The number of β-amino-alcohol motifs (C(OH)–C–C–N with tert-alkyl or cyclic N) is 1. The van der Waals surface area contributed by atoms with E-state index in [1.165, 1.54) is 27.8 Å². The van der Waals surface area contributed by atoms with Crippen molar-refractivity contribution in [3.63, 3.8) is 0 Å². The van der Waals surface area contributed by atoms with Crippen molar-refractivity contribution in [2.45, 2.75) is 36.7 Å². The summed E-state index contributed by atoms with van der Waals surface area (Å²) in [7, 11) is 1.71. The zero-order chi connectivity index (χ0) is 24.0. The zero-order valence-corrected chi connectivity index (χ0v) is 21.6. The highest BCUT2D eigenvalue weighted by molar-refractivity contribution is 9.10. The number of benzene rings is 3. The second-order valence-corrected chi connectivity index (χ2v) is 11.1. The topological polar surface area (TPSA) is 48.5 Å². The van der Waals surface area contributed by atoms with Crippen LogP contribution >= 0.6 is 15.9 Å². The number of halogens is 1. The van der Waals surface area contributed by atoms with Crippen molar-refractivity contribution < 1.29 is 9.84 Å². The zero-order valence-electron chi connectivity index (χ0n) is 20.1. The van der Waals surface area contributed by atoms with Gasteiger partial charge in [-0.25, -0.2) is 0 Å². The van der Waals surface area contributed by atoms with Crippen molar-refractivity contribution in [3.8, 4) is 5.75 Å². The van der Waals surface area contributed by atoms with Gasteiger partial charge in [-0.05, 0) is 70.2 Å². The minimum absolute atomic E-state index is 0.370. The normalized spacial score (nSPS) is 24.2. The third kappa shape index (κ3) is 3.81. The Morgan fingerprint density at radius 3 is 2.69 bits per heavy atom. The Bertz CT molecular complexity index is 1370. The van der Waals surface area contributed by atoms with Gasteiger partial charge in [0.25, 0.3) is 0 Å². The number of likely N-dealkylation sites (tertiary alicyclic amines) is 1. The van der Waals surface area contributed by atoms with E-state index >= 15 is 0 Å². The Hall–Kier alpha value is -2.60. The summed E-state index contributed by atoms with van der Waals surface area (Å²) >= 11 is 3.72. The van der Waals surface area contributed by atoms with Crippen LogP contribution in [0.15, 0.2) is 77.3 Å². The number of nitrogens with one attached hydrogen (secondary N) is 1. The number of aromatic amines is 1. The molecule has 0 bridgehead atoms. The quantitative estimate of drug-likeness (QED) is 0.350. The van der Waals surface area contributed by atoms with Gasteiger partial charge in [0.05, 0.1) is 18.2 Å². The molecule has 1 aromatic heterocycles. The molecule has 5 heteroatoms. The van der Waals surface area contributed by atoms with Crippen LogP contribution in [0.2, 0.25) is 0 Å². The molecule has 0 radical (unpaired) electrons. The highest BCUT2D eigenvalue weighted by atomic mass is 79.9. The van der Waals surface area contributed by atoms with E-state index in [0.29, 0.717) is 13.0 Å². The van der Waals surface area contributed by atoms with Gasteiger partial charge in [0.1, 0.15) is 5.75 Å². The van der Waals surface area contributed by atoms with E-state index in [-0.39, 0.29) is 5.41 Å². The Morgan fingerprint density at radius 2 is 1.86 bits per heavy atom. The van der Waals surface area contributed by atoms with Gasteiger partial charge in [0.2, 0.25) is 0 Å². The number of piperidine rings is 1. The predicted octanol–water partition coefficient (Wildman–Crippen LogP) is 5.66. The molecule has 6 rings (SSSR count). The van der Waals surface area contributed by atoms with Crippen molar-refractivity contribution in [2.75, 3.05) is 26.7 Å². The number of aromatic nitrogens is 1. The first-order valence-electron chi connectivity index (χ1n) is 12.4. The second-order valence-electron chi connectivity index (χ2n) is 10.2. The van der Waals surface area contributed by atoms with E-state index in [4.69, 9.17) is 4.74 Å². The first kappa shape index (κ1) is 22.8. The molecule has 2 aliphatic rings. The number of H-pyrrole nitrogens is 1. The average molecular weight is 531 g/mol. The van der Waals surface area contributed by atoms with Crippen LogP contribution in [0.5, 0.6) is 5.75 Å². The smallest absolute Gasteiger partial charge is 0.119 e. The van der Waals surface area contributed by atoms with Crippen LogP contribution in [-0.2, 0) is 24.7 Å². The summed E-state index contributed by atoms with van der Waals surface area (Å²) in [6.07, 6.45) is 3.33. The number of methoxy groups -OCH3 is 1. The molecule has 0 saturated carbocycles. The number of nitrogens with zero attached hydrogens (tertiary/aromatic N) is 1. The fourth-order valence-electron chi connectivity index (χ4n) is 6.46. The van der Waals surface area contributed by atoms with Crippen LogP contribution in [0.1, 0.15) is 28.8 Å². The molecule has 0 spiro atoms. The summed E-state index contributed by atoms with van der Waals surface area (Å²) in [4.78, 5) is 6.17. The molecule has 3 aromatic carbocycles. The van der Waals surface area contributed by atoms with E-state index in [0.717, 1.165) is 48.1 Å². The summed E-state index contributed by atoms with van der Waals surface area (Å²) in [5, 5.41) is 13.8. The third-order valence-electron chi connectivity index (χ3n) is 8.34. The van der Waals surface area contributed by atoms with Crippen LogP contribution in [-0.4, -0.2) is 47.3 Å². The van der Waals surface area contributed by atoms with Gasteiger partial charge in [0.15, 0.2) is 0 Å². The van der Waals surface area contributed by atoms with Gasteiger partial charge in [-0.1, -0.05) is 54.6 Å². The summed E-state index contributed by atoms with van der Waals surface area (Å²) in [6, 6.07) is 25.3. The van der Waals surface area contributed by atoms with Crippen molar-refractivity contribution in [1.29, 1.82) is 0 Å². The predicted molar refractivity (Wildman–Crippen MR) is 144 cm³/mol. The first-order valence-corrected chi connectivity index (χ1v) is 13.2. The molecule has 4 aromatic rings. The van der Waals surface area contributed by atoms with E-state index in [9.17, 15) is 5.11 Å². The lowest BCUT2D eigenvalue weighted by Gasteiger charge is -2.56. The van der Waals surface area contributed by atoms with Gasteiger partial charge in [0, 0.05) is 46.9 Å². The highest BCUT2D eigenvalue weighted by Crippen LogP contribution is 2.52. The number of ether oxygens (including phenoxy) is 1. The van der Waals surface area contributed by atoms with Crippen LogP contribution in [0, 0.1) is 0 Å². The number of hydrogen-bond donors (Lipinski definition) is 2. The van der Waals surface area contributed by atoms with Crippen LogP contribution < -0.4 is 4.74 Å². The fourth-order valence-corrected chi connectivity index (χ4v) is 6.92. The summed E-state index contributed by atoms with van der Waals surface area (Å²) < 4.78 is 6.66. The highest BCUT2D eigenvalue weighted by Gasteiger charge is 2.57. The largest absolute Gasteiger partial charge is 0.497 e. The molecule has 1 aliphatic carbocycles. The minimum atomic E-state index is -0.876. The molecule has 180 valence electrons. The van der Waals surface area contributed by atoms with E-state index < -0.39 is 5.60 Å². The van der Waals surface area contributed by atoms with E-state index in [1.807, 2.05) is 6.07 Å². The molecular formula is C30H31BrN2O2. The summed E-state index contributed by atoms with van der Waals surface area (Å²) in [6.45, 7) is 2.58. The maximum atomic E-state index is 12.6. The molecule has 2 heterocycles. The molecule has 4 nitrogen and oxygen atoms in total. The molecular weight excluding hydrogens is 500 g/mol. The Morgan fingerprint density at radius 1 is 1.03 bits per heavy atom. The van der Waals surface area contributed by atoms with Gasteiger partial charge in [-0.15, -0.1) is 0 Å². The summed E-state index contributed by atoms with van der Waals surface area (Å²) in [5.41, 5.74) is 4.90. The monoisotopic (exact) mass is 530 g/mol. The van der Waals surface area contributed by atoms with Crippen molar-refractivity contribution in [1.82, 2.24) is 9.88 Å². The SMILES string of the molecule is COc1cccc([C@@]23CCN(CCc4ccccc4)C[C@@]2(O)Cc2c([nH]c4c(Br)cccc24)C3)c1. The van der Waals surface area contributed by atoms with Gasteiger partial charge < -0.3 is 19.7 Å². The maximum Gasteiger partial charge on any atom is 0.119 e. The lowest BCUT2D eigenvalue weighted by Crippen LogP contribution is -2.66. The Labute approximate surface area is 215 Å². The average Bonchev–Trinajstić information content (AvgIpc) is 3.24. The second kappa shape index (κ2) is 8.81. The fraction of sp³-hybridized carbons (Fsp3) is 0.333. The first-order chi connectivity index (χ1) is 17.0. The third-order valence-corrected chi connectivity index (χ3v) is 9.00. The van der Waals surface area contributed by atoms with Crippen LogP contribution in [0.3, 0.4) is 0 Å². The molecule has 1 saturated heterocycles. The number of fused-ring (bicyclic) bond motifs is 4. The lowest BCUT2D eigenvalue weighted by atomic mass is 9.56. The number of hydrogen-bond acceptors (Lipinski definition) is 3. The van der Waals surface area contributed by atoms with E-state index in [2.05, 4.69) is 92.5 Å². The maximum absolute atomic E-state index is 12.6. The molecule has 1 fully saturated rings. The Balaban J connectivity index is 1.41. The number of para-hydroxylation sites is 1. The van der Waals surface area contributed by atoms with Gasteiger partial charge in [-0.2, -0.15) is 0 Å². The molecule has 0 amide bonds. The lowest BCUT2D eigenvalue weighted by molar-refractivity contribution is -0.102. The molecule has 0 unspecified atom stereocenters. The van der Waals surface area contributed by atoms with Crippen molar-refractivity contribution in [3.05, 3.63) is 99.7 Å². The Kier molecular flexibility index (Phi) is 5.75. The molecule has 1 aliphatic heterocycles.